The van der Waals surface area contributed by atoms with Crippen LogP contribution in [0.5, 0.6) is 0 Å². The van der Waals surface area contributed by atoms with Crippen molar-refractivity contribution in [2.45, 2.75) is 32.0 Å². The number of halogens is 3. The lowest BCUT2D eigenvalue weighted by atomic mass is 9.83. The van der Waals surface area contributed by atoms with Crippen molar-refractivity contribution in [2.24, 2.45) is 0 Å². The Morgan fingerprint density at radius 1 is 1.07 bits per heavy atom. The van der Waals surface area contributed by atoms with Gasteiger partial charge in [-0.1, -0.05) is 42.1 Å². The number of carbonyl (C=O) groups excluding carboxylic acids is 3. The molecule has 158 valence electrons. The van der Waals surface area contributed by atoms with Gasteiger partial charge in [0.1, 0.15) is 0 Å². The maximum Gasteiger partial charge on any atom is 0.416 e. The van der Waals surface area contributed by atoms with Crippen LogP contribution in [0.25, 0.3) is 0 Å². The largest absolute Gasteiger partial charge is 0.416 e. The van der Waals surface area contributed by atoms with Crippen molar-refractivity contribution < 1.29 is 27.6 Å². The lowest BCUT2D eigenvalue weighted by Gasteiger charge is -2.25. The van der Waals surface area contributed by atoms with E-state index in [1.807, 2.05) is 0 Å². The van der Waals surface area contributed by atoms with Crippen LogP contribution in [-0.4, -0.2) is 27.7 Å². The highest BCUT2D eigenvalue weighted by Crippen LogP contribution is 2.33. The van der Waals surface area contributed by atoms with Gasteiger partial charge < -0.3 is 5.32 Å². The molecule has 1 fully saturated rings. The molecule has 0 spiro atoms. The van der Waals surface area contributed by atoms with E-state index in [0.29, 0.717) is 11.3 Å². The topological polar surface area (TPSA) is 66.5 Å². The third-order valence-corrected chi connectivity index (χ3v) is 5.73. The Hall–Kier alpha value is -2.81. The van der Waals surface area contributed by atoms with Crippen LogP contribution in [0.4, 0.5) is 23.7 Å². The molecule has 0 radical (unpaired) electrons. The first-order valence-electron chi connectivity index (χ1n) is 9.04. The number of benzene rings is 2. The number of alkyl halides is 3. The maximum absolute atomic E-state index is 13.0. The van der Waals surface area contributed by atoms with Gasteiger partial charge in [-0.25, -0.2) is 0 Å². The summed E-state index contributed by atoms with van der Waals surface area (Å²) in [5, 5.41) is 2.41. The molecule has 1 heterocycles. The van der Waals surface area contributed by atoms with Gasteiger partial charge in [-0.05, 0) is 43.2 Å². The van der Waals surface area contributed by atoms with Gasteiger partial charge in [0.2, 0.25) is 11.8 Å². The fourth-order valence-corrected chi connectivity index (χ4v) is 3.64. The number of nitrogens with zero attached hydrogens (tertiary/aromatic N) is 1. The molecule has 0 bridgehead atoms. The zero-order valence-electron chi connectivity index (χ0n) is 16.2. The third kappa shape index (κ3) is 4.67. The summed E-state index contributed by atoms with van der Waals surface area (Å²) in [6, 6.07) is 11.3. The first kappa shape index (κ1) is 21.9. The number of anilines is 1. The van der Waals surface area contributed by atoms with Crippen LogP contribution in [0.2, 0.25) is 0 Å². The van der Waals surface area contributed by atoms with Crippen LogP contribution < -0.4 is 5.32 Å². The molecule has 3 amide bonds. The molecule has 2 aromatic rings. The fraction of sp³-hybridized carbons (Fsp3) is 0.286. The van der Waals surface area contributed by atoms with Crippen molar-refractivity contribution in [3.05, 3.63) is 65.2 Å². The van der Waals surface area contributed by atoms with Crippen LogP contribution in [0.1, 0.15) is 30.5 Å². The zero-order chi connectivity index (χ0) is 22.1. The van der Waals surface area contributed by atoms with Gasteiger partial charge in [0, 0.05) is 5.69 Å². The predicted octanol–water partition coefficient (Wildman–Crippen LogP) is 4.82. The van der Waals surface area contributed by atoms with E-state index >= 15 is 0 Å². The number of carbonyl (C=O) groups is 3. The molecule has 1 aliphatic rings. The van der Waals surface area contributed by atoms with E-state index in [0.717, 1.165) is 28.8 Å². The lowest BCUT2D eigenvalue weighted by Crippen LogP contribution is -2.35. The molecule has 0 unspecified atom stereocenters. The van der Waals surface area contributed by atoms with E-state index in [1.54, 1.807) is 38.1 Å². The Kier molecular flexibility index (Phi) is 5.94. The van der Waals surface area contributed by atoms with E-state index in [4.69, 9.17) is 0 Å². The van der Waals surface area contributed by atoms with Gasteiger partial charge in [0.15, 0.2) is 0 Å². The number of thioether (sulfide) groups is 1. The van der Waals surface area contributed by atoms with Crippen molar-refractivity contribution in [3.63, 3.8) is 0 Å². The molecular weight excluding hydrogens is 417 g/mol. The average Bonchev–Trinajstić information content (AvgIpc) is 3.01. The number of amides is 3. The standard InChI is InChI=1S/C21H19F3N2O3S/c1-20(2,14-4-3-5-15(10-14)21(22,23)24)18(28)25-16-8-6-13(7-9-16)11-26-17(27)12-30-19(26)29/h3-10H,11-12H2,1-2H3,(H,25,28). The fourth-order valence-electron chi connectivity index (χ4n) is 2.91. The minimum Gasteiger partial charge on any atom is -0.325 e. The smallest absolute Gasteiger partial charge is 0.325 e. The minimum atomic E-state index is -4.49. The Morgan fingerprint density at radius 2 is 1.70 bits per heavy atom. The Labute approximate surface area is 175 Å². The van der Waals surface area contributed by atoms with E-state index in [2.05, 4.69) is 5.32 Å². The summed E-state index contributed by atoms with van der Waals surface area (Å²) in [4.78, 5) is 37.3. The molecule has 2 aromatic carbocycles. The lowest BCUT2D eigenvalue weighted by molar-refractivity contribution is -0.137. The summed E-state index contributed by atoms with van der Waals surface area (Å²) < 4.78 is 39.0. The van der Waals surface area contributed by atoms with Gasteiger partial charge in [-0.2, -0.15) is 13.2 Å². The van der Waals surface area contributed by atoms with E-state index in [9.17, 15) is 27.6 Å². The second-order valence-electron chi connectivity index (χ2n) is 7.39. The normalized spacial score (nSPS) is 14.9. The molecule has 0 atom stereocenters. The Bertz CT molecular complexity index is 972. The second-order valence-corrected chi connectivity index (χ2v) is 8.32. The SMILES string of the molecule is CC(C)(C(=O)Nc1ccc(CN2C(=O)CSC2=O)cc1)c1cccc(C(F)(F)F)c1. The monoisotopic (exact) mass is 436 g/mol. The zero-order valence-corrected chi connectivity index (χ0v) is 17.1. The number of nitrogens with one attached hydrogen (secondary N) is 1. The van der Waals surface area contributed by atoms with E-state index in [1.165, 1.54) is 12.1 Å². The summed E-state index contributed by atoms with van der Waals surface area (Å²) >= 11 is 0.957. The molecule has 3 rings (SSSR count). The Morgan fingerprint density at radius 3 is 2.27 bits per heavy atom. The highest BCUT2D eigenvalue weighted by atomic mass is 32.2. The molecular formula is C21H19F3N2O3S. The van der Waals surface area contributed by atoms with Crippen molar-refractivity contribution >= 4 is 34.5 Å². The molecule has 30 heavy (non-hydrogen) atoms. The van der Waals surface area contributed by atoms with Crippen LogP contribution >= 0.6 is 11.8 Å². The average molecular weight is 436 g/mol. The number of rotatable bonds is 5. The van der Waals surface area contributed by atoms with Crippen LogP contribution in [-0.2, 0) is 27.7 Å². The molecule has 0 saturated carbocycles. The molecule has 1 N–H and O–H groups in total. The van der Waals surface area contributed by atoms with E-state index in [-0.39, 0.29) is 29.0 Å². The van der Waals surface area contributed by atoms with Gasteiger partial charge >= 0.3 is 6.18 Å². The molecule has 0 aromatic heterocycles. The van der Waals surface area contributed by atoms with Gasteiger partial charge in [-0.15, -0.1) is 0 Å². The second kappa shape index (κ2) is 8.14. The summed E-state index contributed by atoms with van der Waals surface area (Å²) in [6.07, 6.45) is -4.49. The minimum absolute atomic E-state index is 0.137. The predicted molar refractivity (Wildman–Crippen MR) is 108 cm³/mol. The quantitative estimate of drug-likeness (QED) is 0.730. The van der Waals surface area contributed by atoms with Gasteiger partial charge in [-0.3, -0.25) is 19.3 Å². The third-order valence-electron chi connectivity index (χ3n) is 4.87. The Balaban J connectivity index is 1.71. The van der Waals surface area contributed by atoms with Crippen LogP contribution in [0.15, 0.2) is 48.5 Å². The number of imide groups is 1. The van der Waals surface area contributed by atoms with Crippen molar-refractivity contribution in [3.8, 4) is 0 Å². The molecule has 0 aliphatic carbocycles. The van der Waals surface area contributed by atoms with Crippen molar-refractivity contribution in [2.75, 3.05) is 11.1 Å². The molecule has 1 aliphatic heterocycles. The molecule has 5 nitrogen and oxygen atoms in total. The van der Waals surface area contributed by atoms with Crippen LogP contribution in [0, 0.1) is 0 Å². The van der Waals surface area contributed by atoms with Crippen LogP contribution in [0.3, 0.4) is 0 Å². The summed E-state index contributed by atoms with van der Waals surface area (Å²) in [7, 11) is 0. The molecule has 1 saturated heterocycles. The highest BCUT2D eigenvalue weighted by molar-refractivity contribution is 8.14. The maximum atomic E-state index is 13.0. The highest BCUT2D eigenvalue weighted by Gasteiger charge is 2.35. The van der Waals surface area contributed by atoms with Crippen molar-refractivity contribution in [1.82, 2.24) is 4.90 Å². The summed E-state index contributed by atoms with van der Waals surface area (Å²) in [5.74, 6) is -0.571. The van der Waals surface area contributed by atoms with Gasteiger partial charge in [0.05, 0.1) is 23.3 Å². The summed E-state index contributed by atoms with van der Waals surface area (Å²) in [5.41, 5.74) is -0.595. The number of hydrogen-bond donors (Lipinski definition) is 1. The van der Waals surface area contributed by atoms with E-state index < -0.39 is 23.1 Å². The molecule has 9 heteroatoms. The van der Waals surface area contributed by atoms with Gasteiger partial charge in [0.25, 0.3) is 5.24 Å². The first-order chi connectivity index (χ1) is 14.0. The number of hydrogen-bond acceptors (Lipinski definition) is 4. The van der Waals surface area contributed by atoms with Crippen molar-refractivity contribution in [1.29, 1.82) is 0 Å². The summed E-state index contributed by atoms with van der Waals surface area (Å²) in [6.45, 7) is 3.25. The first-order valence-corrected chi connectivity index (χ1v) is 10.0.